The van der Waals surface area contributed by atoms with E-state index in [1.54, 1.807) is 26.8 Å². The molecule has 32 heavy (non-hydrogen) atoms. The molecule has 1 unspecified atom stereocenters. The monoisotopic (exact) mass is 487 g/mol. The zero-order valence-electron chi connectivity index (χ0n) is 17.9. The molecule has 4 nitrogen and oxygen atoms in total. The number of hydrogen-bond donors (Lipinski definition) is 0. The fraction of sp³-hybridized carbons (Fsp3) is 0.391. The van der Waals surface area contributed by atoms with E-state index >= 15 is 0 Å². The number of hydrogen-bond acceptors (Lipinski definition) is 4. The third-order valence-electron chi connectivity index (χ3n) is 4.95. The molecule has 3 rings (SSSR count). The van der Waals surface area contributed by atoms with Crippen LogP contribution in [0.15, 0.2) is 41.6 Å². The van der Waals surface area contributed by atoms with Crippen LogP contribution in [0.5, 0.6) is 0 Å². The van der Waals surface area contributed by atoms with Crippen molar-refractivity contribution in [2.24, 2.45) is 5.16 Å². The van der Waals surface area contributed by atoms with Crippen LogP contribution in [0.4, 0.5) is 13.2 Å². The van der Waals surface area contributed by atoms with Gasteiger partial charge in [0, 0.05) is 22.0 Å². The van der Waals surface area contributed by atoms with Gasteiger partial charge in [-0.25, -0.2) is 4.79 Å². The van der Waals surface area contributed by atoms with E-state index in [4.69, 9.17) is 32.8 Å². The van der Waals surface area contributed by atoms with Gasteiger partial charge in [-0.15, -0.1) is 0 Å². The maximum absolute atomic E-state index is 14.2. The minimum atomic E-state index is -4.78. The Labute approximate surface area is 194 Å². The molecule has 0 bridgehead atoms. The van der Waals surface area contributed by atoms with Gasteiger partial charge < -0.3 is 9.57 Å². The van der Waals surface area contributed by atoms with E-state index in [0.29, 0.717) is 23.1 Å². The minimum Gasteiger partial charge on any atom is -0.456 e. The van der Waals surface area contributed by atoms with E-state index in [2.05, 4.69) is 5.16 Å². The average Bonchev–Trinajstić information content (AvgIpc) is 3.12. The standard InChI is InChI=1S/C23H22Cl2F3NO3/c1-5-13-8-14(6-7-18(13)20(30)31-21(2,3)4)19-12-22(32-29-19,23(26,27)28)15-9-16(24)11-17(25)10-15/h6-11H,5,12H2,1-4H3. The lowest BCUT2D eigenvalue weighted by molar-refractivity contribution is -0.275. The molecule has 1 heterocycles. The molecular weight excluding hydrogens is 466 g/mol. The molecule has 1 aliphatic heterocycles. The summed E-state index contributed by atoms with van der Waals surface area (Å²) in [6.45, 7) is 7.12. The van der Waals surface area contributed by atoms with Crippen LogP contribution in [0.3, 0.4) is 0 Å². The van der Waals surface area contributed by atoms with Crippen molar-refractivity contribution in [2.75, 3.05) is 0 Å². The number of carbonyl (C=O) groups is 1. The first-order chi connectivity index (χ1) is 14.8. The number of halogens is 5. The molecule has 1 atom stereocenters. The molecule has 9 heteroatoms. The van der Waals surface area contributed by atoms with Crippen LogP contribution in [-0.2, 0) is 21.6 Å². The summed E-state index contributed by atoms with van der Waals surface area (Å²) < 4.78 is 48.0. The number of ether oxygens (including phenoxy) is 1. The van der Waals surface area contributed by atoms with Gasteiger partial charge in [0.25, 0.3) is 5.60 Å². The molecule has 0 aromatic heterocycles. The lowest BCUT2D eigenvalue weighted by Crippen LogP contribution is -2.42. The van der Waals surface area contributed by atoms with Crippen molar-refractivity contribution in [3.8, 4) is 0 Å². The maximum atomic E-state index is 14.2. The van der Waals surface area contributed by atoms with Crippen LogP contribution in [0.2, 0.25) is 10.0 Å². The molecule has 0 saturated heterocycles. The first-order valence-corrected chi connectivity index (χ1v) is 10.7. The molecule has 0 spiro atoms. The molecule has 2 aromatic rings. The van der Waals surface area contributed by atoms with E-state index in [9.17, 15) is 18.0 Å². The van der Waals surface area contributed by atoms with Gasteiger partial charge in [-0.1, -0.05) is 41.3 Å². The summed E-state index contributed by atoms with van der Waals surface area (Å²) in [5, 5.41) is 3.88. The second-order valence-electron chi connectivity index (χ2n) is 8.52. The van der Waals surface area contributed by atoms with E-state index < -0.39 is 29.8 Å². The van der Waals surface area contributed by atoms with Gasteiger partial charge in [-0.2, -0.15) is 13.2 Å². The SMILES string of the molecule is CCc1cc(C2=NOC(c3cc(Cl)cc(Cl)c3)(C(F)(F)F)C2)ccc1C(=O)OC(C)(C)C. The van der Waals surface area contributed by atoms with Gasteiger partial charge in [0.1, 0.15) is 5.60 Å². The van der Waals surface area contributed by atoms with E-state index in [1.165, 1.54) is 30.3 Å². The van der Waals surface area contributed by atoms with E-state index in [1.807, 2.05) is 6.92 Å². The quantitative estimate of drug-likeness (QED) is 0.432. The zero-order chi connectivity index (χ0) is 23.9. The van der Waals surface area contributed by atoms with Crippen LogP contribution < -0.4 is 0 Å². The summed E-state index contributed by atoms with van der Waals surface area (Å²) in [6.07, 6.45) is -4.87. The molecule has 0 saturated carbocycles. The predicted molar refractivity (Wildman–Crippen MR) is 117 cm³/mol. The second kappa shape index (κ2) is 8.60. The summed E-state index contributed by atoms with van der Waals surface area (Å²) in [5.41, 5.74) is -2.11. The Kier molecular flexibility index (Phi) is 6.55. The Balaban J connectivity index is 1.97. The Hall–Kier alpha value is -2.25. The van der Waals surface area contributed by atoms with Crippen molar-refractivity contribution >= 4 is 34.9 Å². The first kappa shape index (κ1) is 24.4. The Morgan fingerprint density at radius 3 is 2.28 bits per heavy atom. The second-order valence-corrected chi connectivity index (χ2v) is 9.39. The van der Waals surface area contributed by atoms with Crippen molar-refractivity contribution in [3.63, 3.8) is 0 Å². The fourth-order valence-corrected chi connectivity index (χ4v) is 3.97. The van der Waals surface area contributed by atoms with Crippen molar-refractivity contribution in [2.45, 2.75) is 57.9 Å². The number of rotatable bonds is 4. The lowest BCUT2D eigenvalue weighted by Gasteiger charge is -2.29. The summed E-state index contributed by atoms with van der Waals surface area (Å²) in [4.78, 5) is 17.5. The Morgan fingerprint density at radius 2 is 1.75 bits per heavy atom. The number of alkyl halides is 3. The first-order valence-electron chi connectivity index (χ1n) is 9.91. The van der Waals surface area contributed by atoms with Gasteiger partial charge in [0.15, 0.2) is 0 Å². The van der Waals surface area contributed by atoms with Crippen molar-refractivity contribution in [1.29, 1.82) is 0 Å². The van der Waals surface area contributed by atoms with Crippen molar-refractivity contribution in [3.05, 3.63) is 68.7 Å². The highest BCUT2D eigenvalue weighted by Gasteiger charge is 2.62. The Morgan fingerprint density at radius 1 is 1.12 bits per heavy atom. The van der Waals surface area contributed by atoms with Crippen molar-refractivity contribution in [1.82, 2.24) is 0 Å². The Bertz CT molecular complexity index is 1060. The van der Waals surface area contributed by atoms with Gasteiger partial charge >= 0.3 is 12.1 Å². The number of carbonyl (C=O) groups excluding carboxylic acids is 1. The summed E-state index contributed by atoms with van der Waals surface area (Å²) in [7, 11) is 0. The maximum Gasteiger partial charge on any atom is 0.435 e. The molecule has 0 amide bonds. The molecule has 0 radical (unpaired) electrons. The number of aryl methyl sites for hydroxylation is 1. The molecule has 0 N–H and O–H groups in total. The topological polar surface area (TPSA) is 47.9 Å². The van der Waals surface area contributed by atoms with E-state index in [-0.39, 0.29) is 21.3 Å². The normalized spacial score (nSPS) is 18.8. The highest BCUT2D eigenvalue weighted by Crippen LogP contribution is 2.49. The number of benzene rings is 2. The fourth-order valence-electron chi connectivity index (χ4n) is 3.44. The minimum absolute atomic E-state index is 0.0585. The third-order valence-corrected chi connectivity index (χ3v) is 5.39. The van der Waals surface area contributed by atoms with E-state index in [0.717, 1.165) is 0 Å². The van der Waals surface area contributed by atoms with Gasteiger partial charge in [0.2, 0.25) is 0 Å². The summed E-state index contributed by atoms with van der Waals surface area (Å²) in [5.74, 6) is -0.497. The van der Waals surface area contributed by atoms with Crippen LogP contribution >= 0.6 is 23.2 Å². The highest BCUT2D eigenvalue weighted by atomic mass is 35.5. The third kappa shape index (κ3) is 4.89. The van der Waals surface area contributed by atoms with Crippen LogP contribution in [0, 0.1) is 0 Å². The van der Waals surface area contributed by atoms with Crippen molar-refractivity contribution < 1.29 is 27.5 Å². The lowest BCUT2D eigenvalue weighted by atomic mass is 9.86. The van der Waals surface area contributed by atoms with Crippen LogP contribution in [0.25, 0.3) is 0 Å². The predicted octanol–water partition coefficient (Wildman–Crippen LogP) is 7.09. The molecule has 0 fully saturated rings. The highest BCUT2D eigenvalue weighted by molar-refractivity contribution is 6.34. The van der Waals surface area contributed by atoms with Crippen LogP contribution in [0.1, 0.15) is 61.2 Å². The summed E-state index contributed by atoms with van der Waals surface area (Å²) >= 11 is 11.9. The van der Waals surface area contributed by atoms with Gasteiger partial charge in [-0.3, -0.25) is 0 Å². The molecule has 172 valence electrons. The molecular formula is C23H22Cl2F3NO3. The molecule has 2 aromatic carbocycles. The number of oxime groups is 1. The number of esters is 1. The van der Waals surface area contributed by atoms with Gasteiger partial charge in [-0.05, 0) is 68.7 Å². The summed E-state index contributed by atoms with van der Waals surface area (Å²) in [6, 6.07) is 8.40. The molecule has 0 aliphatic carbocycles. The average molecular weight is 488 g/mol. The number of nitrogens with zero attached hydrogens (tertiary/aromatic N) is 1. The smallest absolute Gasteiger partial charge is 0.435 e. The zero-order valence-corrected chi connectivity index (χ0v) is 19.5. The largest absolute Gasteiger partial charge is 0.456 e. The van der Waals surface area contributed by atoms with Crippen LogP contribution in [-0.4, -0.2) is 23.5 Å². The molecule has 1 aliphatic rings. The van der Waals surface area contributed by atoms with Gasteiger partial charge in [0.05, 0.1) is 11.3 Å².